The first-order valence-corrected chi connectivity index (χ1v) is 18.2. The Kier molecular flexibility index (Phi) is 6.92. The summed E-state index contributed by atoms with van der Waals surface area (Å²) < 4.78 is 9.12. The lowest BCUT2D eigenvalue weighted by molar-refractivity contribution is 0.436. The zero-order valence-electron chi connectivity index (χ0n) is 28.4. The van der Waals surface area contributed by atoms with Crippen LogP contribution in [0.1, 0.15) is 35.0 Å². The van der Waals surface area contributed by atoms with Crippen LogP contribution < -0.4 is 4.74 Å². The Labute approximate surface area is 305 Å². The van der Waals surface area contributed by atoms with E-state index in [0.717, 1.165) is 50.5 Å². The van der Waals surface area contributed by atoms with Crippen molar-refractivity contribution in [2.24, 2.45) is 0 Å². The van der Waals surface area contributed by atoms with E-state index in [4.69, 9.17) is 19.7 Å². The SMILES string of the molecule is C=CC1=C(/C=C(\C)c2nc(-c3ccccc3)nc(-c3ccccc3)n2)c2c(ccc3sc4ccccc4c23)C12c1ccccc1Oc1ccccc12. The molecule has 5 heteroatoms. The number of fused-ring (bicyclic) bond motifs is 10. The Bertz CT molecular complexity index is 2690. The lowest BCUT2D eigenvalue weighted by Crippen LogP contribution is -2.32. The molecular weight excluding hydrogens is 655 g/mol. The number of aromatic nitrogens is 3. The van der Waals surface area contributed by atoms with Crippen molar-refractivity contribution in [1.29, 1.82) is 0 Å². The molecule has 6 aromatic carbocycles. The highest BCUT2D eigenvalue weighted by Gasteiger charge is 2.51. The largest absolute Gasteiger partial charge is 0.457 e. The molecule has 52 heavy (non-hydrogen) atoms. The van der Waals surface area contributed by atoms with Crippen LogP contribution in [0.3, 0.4) is 0 Å². The number of ether oxygens (including phenoxy) is 1. The van der Waals surface area contributed by atoms with Crippen molar-refractivity contribution in [3.8, 4) is 34.3 Å². The highest BCUT2D eigenvalue weighted by Crippen LogP contribution is 2.63. The first-order chi connectivity index (χ1) is 25.6. The fraction of sp³-hybridized carbons (Fsp3) is 0.0426. The molecule has 4 nitrogen and oxygen atoms in total. The first kappa shape index (κ1) is 30.4. The van der Waals surface area contributed by atoms with Gasteiger partial charge in [-0.3, -0.25) is 0 Å². The molecule has 0 atom stereocenters. The molecule has 0 saturated heterocycles. The van der Waals surface area contributed by atoms with Crippen LogP contribution in [0.25, 0.3) is 54.1 Å². The van der Waals surface area contributed by atoms with Gasteiger partial charge in [0.2, 0.25) is 0 Å². The number of para-hydroxylation sites is 2. The number of rotatable bonds is 5. The van der Waals surface area contributed by atoms with Crippen LogP contribution in [0.4, 0.5) is 0 Å². The van der Waals surface area contributed by atoms with E-state index < -0.39 is 5.41 Å². The summed E-state index contributed by atoms with van der Waals surface area (Å²) in [5.74, 6) is 3.59. The standard InChI is InChI=1S/C47H31N3OS/c1-3-34-33(28-29(2)44-48-45(30-16-6-4-7-17-30)50-46(49-44)31-18-8-5-9-19-31)42-37(26-27-41-43(42)32-20-10-15-25-40(32)52-41)47(34)35-21-11-13-23-38(35)51-39-24-14-12-22-36(39)47/h3-28H,1H2,2H3/b29-28+. The molecule has 8 aromatic rings. The zero-order valence-corrected chi connectivity index (χ0v) is 29.2. The van der Waals surface area contributed by atoms with Gasteiger partial charge in [-0.15, -0.1) is 11.3 Å². The Balaban J connectivity index is 1.31. The predicted molar refractivity (Wildman–Crippen MR) is 214 cm³/mol. The van der Waals surface area contributed by atoms with Crippen LogP contribution in [-0.4, -0.2) is 15.0 Å². The summed E-state index contributed by atoms with van der Waals surface area (Å²) in [4.78, 5) is 15.2. The van der Waals surface area contributed by atoms with E-state index in [0.29, 0.717) is 17.5 Å². The van der Waals surface area contributed by atoms with Crippen molar-refractivity contribution >= 4 is 42.7 Å². The van der Waals surface area contributed by atoms with Crippen molar-refractivity contribution in [1.82, 2.24) is 15.0 Å². The van der Waals surface area contributed by atoms with Crippen molar-refractivity contribution in [2.75, 3.05) is 0 Å². The molecule has 246 valence electrons. The first-order valence-electron chi connectivity index (χ1n) is 17.4. The van der Waals surface area contributed by atoms with Gasteiger partial charge in [0.15, 0.2) is 17.5 Å². The fourth-order valence-electron chi connectivity index (χ4n) is 8.14. The van der Waals surface area contributed by atoms with Gasteiger partial charge in [-0.25, -0.2) is 15.0 Å². The number of allylic oxidation sites excluding steroid dienone is 5. The Hall–Kier alpha value is -6.43. The van der Waals surface area contributed by atoms with E-state index in [1.807, 2.05) is 84.1 Å². The van der Waals surface area contributed by atoms with E-state index in [1.54, 1.807) is 0 Å². The number of nitrogens with zero attached hydrogens (tertiary/aromatic N) is 3. The molecule has 0 unspecified atom stereocenters. The van der Waals surface area contributed by atoms with Gasteiger partial charge in [-0.1, -0.05) is 134 Å². The third kappa shape index (κ3) is 4.43. The van der Waals surface area contributed by atoms with Gasteiger partial charge < -0.3 is 4.74 Å². The lowest BCUT2D eigenvalue weighted by Gasteiger charge is -2.40. The van der Waals surface area contributed by atoms with Crippen LogP contribution in [0, 0.1) is 0 Å². The minimum atomic E-state index is -0.657. The van der Waals surface area contributed by atoms with Crippen LogP contribution in [0.5, 0.6) is 11.5 Å². The monoisotopic (exact) mass is 685 g/mol. The normalized spacial score (nSPS) is 14.3. The van der Waals surface area contributed by atoms with Gasteiger partial charge in [0, 0.05) is 42.4 Å². The van der Waals surface area contributed by atoms with Crippen LogP contribution in [-0.2, 0) is 5.41 Å². The van der Waals surface area contributed by atoms with Crippen molar-refractivity contribution in [3.63, 3.8) is 0 Å². The quantitative estimate of drug-likeness (QED) is 0.181. The second-order valence-electron chi connectivity index (χ2n) is 13.2. The van der Waals surface area contributed by atoms with E-state index in [1.165, 1.54) is 31.3 Å². The summed E-state index contributed by atoms with van der Waals surface area (Å²) in [6, 6.07) is 50.5. The highest BCUT2D eigenvalue weighted by molar-refractivity contribution is 7.25. The summed E-state index contributed by atoms with van der Waals surface area (Å²) in [6.07, 6.45) is 4.33. The molecule has 1 aliphatic heterocycles. The molecule has 1 aliphatic carbocycles. The molecule has 2 aromatic heterocycles. The van der Waals surface area contributed by atoms with Crippen LogP contribution >= 0.6 is 11.3 Å². The Morgan fingerprint density at radius 1 is 0.615 bits per heavy atom. The van der Waals surface area contributed by atoms with Crippen LogP contribution in [0.15, 0.2) is 170 Å². The van der Waals surface area contributed by atoms with E-state index in [2.05, 4.69) is 98.5 Å². The van der Waals surface area contributed by atoms with Gasteiger partial charge >= 0.3 is 0 Å². The number of benzene rings is 6. The molecule has 0 fully saturated rings. The molecule has 10 rings (SSSR count). The minimum absolute atomic E-state index is 0.626. The van der Waals surface area contributed by atoms with Gasteiger partial charge in [0.05, 0.1) is 5.41 Å². The molecule has 0 radical (unpaired) electrons. The summed E-state index contributed by atoms with van der Waals surface area (Å²) in [5.41, 5.74) is 8.98. The van der Waals surface area contributed by atoms with Crippen LogP contribution in [0.2, 0.25) is 0 Å². The Morgan fingerprint density at radius 3 is 1.83 bits per heavy atom. The molecule has 0 amide bonds. The molecule has 0 bridgehead atoms. The minimum Gasteiger partial charge on any atom is -0.457 e. The maximum absolute atomic E-state index is 6.61. The third-order valence-electron chi connectivity index (χ3n) is 10.3. The maximum atomic E-state index is 6.61. The van der Waals surface area contributed by atoms with Crippen molar-refractivity contribution in [3.05, 3.63) is 198 Å². The average Bonchev–Trinajstić information content (AvgIpc) is 3.72. The molecule has 0 N–H and O–H groups in total. The summed E-state index contributed by atoms with van der Waals surface area (Å²) in [5, 5.41) is 2.50. The lowest BCUT2D eigenvalue weighted by atomic mass is 9.65. The van der Waals surface area contributed by atoms with E-state index >= 15 is 0 Å². The Morgan fingerprint density at radius 2 is 1.19 bits per heavy atom. The maximum Gasteiger partial charge on any atom is 0.164 e. The third-order valence-corrected chi connectivity index (χ3v) is 11.5. The van der Waals surface area contributed by atoms with Crippen molar-refractivity contribution < 1.29 is 4.74 Å². The molecular formula is C47H31N3OS. The van der Waals surface area contributed by atoms with Gasteiger partial charge in [0.25, 0.3) is 0 Å². The van der Waals surface area contributed by atoms with Crippen molar-refractivity contribution in [2.45, 2.75) is 12.3 Å². The molecule has 0 saturated carbocycles. The average molecular weight is 686 g/mol. The van der Waals surface area contributed by atoms with Gasteiger partial charge in [-0.05, 0) is 65.1 Å². The second kappa shape index (κ2) is 11.8. The second-order valence-corrected chi connectivity index (χ2v) is 14.3. The van der Waals surface area contributed by atoms with E-state index in [9.17, 15) is 0 Å². The summed E-state index contributed by atoms with van der Waals surface area (Å²) >= 11 is 1.83. The number of hydrogen-bond acceptors (Lipinski definition) is 5. The molecule has 3 heterocycles. The zero-order chi connectivity index (χ0) is 34.8. The number of hydrogen-bond donors (Lipinski definition) is 0. The van der Waals surface area contributed by atoms with Gasteiger partial charge in [0.1, 0.15) is 11.5 Å². The molecule has 1 spiro atoms. The topological polar surface area (TPSA) is 47.9 Å². The fourth-order valence-corrected chi connectivity index (χ4v) is 9.26. The predicted octanol–water partition coefficient (Wildman–Crippen LogP) is 12.1. The summed E-state index contributed by atoms with van der Waals surface area (Å²) in [7, 11) is 0. The van der Waals surface area contributed by atoms with Gasteiger partial charge in [-0.2, -0.15) is 0 Å². The smallest absolute Gasteiger partial charge is 0.164 e. The highest BCUT2D eigenvalue weighted by atomic mass is 32.1. The van der Waals surface area contributed by atoms with E-state index in [-0.39, 0.29) is 0 Å². The summed E-state index contributed by atoms with van der Waals surface area (Å²) in [6.45, 7) is 6.63. The molecule has 2 aliphatic rings. The number of thiophene rings is 1.